The van der Waals surface area contributed by atoms with Crippen molar-refractivity contribution in [2.24, 2.45) is 0 Å². The van der Waals surface area contributed by atoms with Gasteiger partial charge in [0.1, 0.15) is 11.5 Å². The minimum Gasteiger partial charge on any atom is -0.491 e. The van der Waals surface area contributed by atoms with Crippen LogP contribution in [0.15, 0.2) is 42.5 Å². The number of halogens is 1. The fourth-order valence-electron chi connectivity index (χ4n) is 1.83. The van der Waals surface area contributed by atoms with Crippen LogP contribution >= 0.6 is 0 Å². The molecule has 2 aromatic rings. The van der Waals surface area contributed by atoms with Gasteiger partial charge in [0, 0.05) is 6.07 Å². The molecule has 0 heterocycles. The van der Waals surface area contributed by atoms with Crippen LogP contribution in [0, 0.1) is 5.82 Å². The molecule has 0 fully saturated rings. The van der Waals surface area contributed by atoms with Gasteiger partial charge in [0.15, 0.2) is 11.6 Å². The molecule has 2 aromatic carbocycles. The standard InChI is InChI=1S/C16H18BFO4/c1-2-3-10-21-16-9-8-14(11-15(16)18)22-13-6-4-12(5-7-13)17(19)20/h4-9,11,19-20H,2-3,10H2,1H3. The highest BCUT2D eigenvalue weighted by Crippen LogP contribution is 2.26. The first kappa shape index (κ1) is 16.3. The summed E-state index contributed by atoms with van der Waals surface area (Å²) in [6.45, 7) is 2.52. The summed E-state index contributed by atoms with van der Waals surface area (Å²) in [4.78, 5) is 0. The van der Waals surface area contributed by atoms with Crippen molar-refractivity contribution in [3.8, 4) is 17.2 Å². The maximum Gasteiger partial charge on any atom is 0.488 e. The monoisotopic (exact) mass is 304 g/mol. The maximum atomic E-state index is 13.9. The van der Waals surface area contributed by atoms with E-state index in [9.17, 15) is 4.39 Å². The molecule has 0 aliphatic rings. The summed E-state index contributed by atoms with van der Waals surface area (Å²) < 4.78 is 24.7. The summed E-state index contributed by atoms with van der Waals surface area (Å²) in [5.74, 6) is 0.552. The van der Waals surface area contributed by atoms with Gasteiger partial charge in [-0.3, -0.25) is 0 Å². The van der Waals surface area contributed by atoms with Crippen molar-refractivity contribution in [3.05, 3.63) is 48.3 Å². The highest BCUT2D eigenvalue weighted by atomic mass is 19.1. The molecule has 6 heteroatoms. The predicted octanol–water partition coefficient (Wildman–Crippen LogP) is 2.48. The molecule has 0 spiro atoms. The number of unbranched alkanes of at least 4 members (excludes halogenated alkanes) is 1. The van der Waals surface area contributed by atoms with E-state index in [-0.39, 0.29) is 5.75 Å². The summed E-state index contributed by atoms with van der Waals surface area (Å²) in [5.41, 5.74) is 0.359. The lowest BCUT2D eigenvalue weighted by Gasteiger charge is -2.10. The van der Waals surface area contributed by atoms with Gasteiger partial charge in [0.25, 0.3) is 0 Å². The van der Waals surface area contributed by atoms with Crippen molar-refractivity contribution in [1.82, 2.24) is 0 Å². The molecule has 2 rings (SSSR count). The van der Waals surface area contributed by atoms with Crippen molar-refractivity contribution in [3.63, 3.8) is 0 Å². The molecule has 0 saturated carbocycles. The zero-order valence-corrected chi connectivity index (χ0v) is 12.3. The van der Waals surface area contributed by atoms with Gasteiger partial charge >= 0.3 is 7.12 Å². The van der Waals surface area contributed by atoms with Crippen LogP contribution in [0.3, 0.4) is 0 Å². The second kappa shape index (κ2) is 7.82. The molecule has 0 aliphatic heterocycles. The Hall–Kier alpha value is -2.05. The first-order valence-corrected chi connectivity index (χ1v) is 7.16. The van der Waals surface area contributed by atoms with E-state index in [1.165, 1.54) is 24.3 Å². The Labute approximate surface area is 129 Å². The van der Waals surface area contributed by atoms with E-state index in [4.69, 9.17) is 19.5 Å². The lowest BCUT2D eigenvalue weighted by molar-refractivity contribution is 0.293. The summed E-state index contributed by atoms with van der Waals surface area (Å²) in [6.07, 6.45) is 1.86. The second-order valence-corrected chi connectivity index (χ2v) is 4.84. The molecular weight excluding hydrogens is 286 g/mol. The van der Waals surface area contributed by atoms with Crippen LogP contribution in [0.4, 0.5) is 4.39 Å². The molecule has 0 atom stereocenters. The fraction of sp³-hybridized carbons (Fsp3) is 0.250. The van der Waals surface area contributed by atoms with Crippen molar-refractivity contribution in [2.75, 3.05) is 6.61 Å². The van der Waals surface area contributed by atoms with Gasteiger partial charge in [-0.2, -0.15) is 0 Å². The van der Waals surface area contributed by atoms with Gasteiger partial charge in [-0.25, -0.2) is 4.39 Å². The minimum absolute atomic E-state index is 0.208. The summed E-state index contributed by atoms with van der Waals surface area (Å²) in [6, 6.07) is 10.6. The summed E-state index contributed by atoms with van der Waals surface area (Å²) in [7, 11) is -1.52. The van der Waals surface area contributed by atoms with E-state index < -0.39 is 12.9 Å². The van der Waals surface area contributed by atoms with Crippen LogP contribution in [0.1, 0.15) is 19.8 Å². The van der Waals surface area contributed by atoms with Gasteiger partial charge in [-0.15, -0.1) is 0 Å². The van der Waals surface area contributed by atoms with Crippen LogP contribution in [0.2, 0.25) is 0 Å². The Morgan fingerprint density at radius 2 is 1.73 bits per heavy atom. The van der Waals surface area contributed by atoms with Gasteiger partial charge in [-0.1, -0.05) is 25.5 Å². The minimum atomic E-state index is -1.52. The van der Waals surface area contributed by atoms with Crippen molar-refractivity contribution >= 4 is 12.6 Å². The Balaban J connectivity index is 2.02. The Bertz CT molecular complexity index is 602. The Morgan fingerprint density at radius 3 is 2.32 bits per heavy atom. The number of ether oxygens (including phenoxy) is 2. The number of benzene rings is 2. The molecule has 0 saturated heterocycles. The number of hydrogen-bond acceptors (Lipinski definition) is 4. The molecule has 0 unspecified atom stereocenters. The van der Waals surface area contributed by atoms with Crippen LogP contribution < -0.4 is 14.9 Å². The van der Waals surface area contributed by atoms with Gasteiger partial charge in [0.05, 0.1) is 6.61 Å². The van der Waals surface area contributed by atoms with Crippen molar-refractivity contribution < 1.29 is 23.9 Å². The lowest BCUT2D eigenvalue weighted by atomic mass is 9.80. The number of rotatable bonds is 7. The molecule has 0 radical (unpaired) electrons. The molecule has 4 nitrogen and oxygen atoms in total. The predicted molar refractivity (Wildman–Crippen MR) is 83.1 cm³/mol. The summed E-state index contributed by atoms with van der Waals surface area (Å²) >= 11 is 0. The molecule has 0 amide bonds. The van der Waals surface area contributed by atoms with E-state index in [1.807, 2.05) is 6.92 Å². The Morgan fingerprint density at radius 1 is 1.05 bits per heavy atom. The van der Waals surface area contributed by atoms with Crippen LogP contribution in [0.25, 0.3) is 0 Å². The molecule has 22 heavy (non-hydrogen) atoms. The zero-order valence-electron chi connectivity index (χ0n) is 12.3. The van der Waals surface area contributed by atoms with E-state index in [1.54, 1.807) is 18.2 Å². The topological polar surface area (TPSA) is 58.9 Å². The molecule has 0 bridgehead atoms. The Kier molecular flexibility index (Phi) is 5.80. The zero-order chi connectivity index (χ0) is 15.9. The van der Waals surface area contributed by atoms with E-state index in [0.29, 0.717) is 23.6 Å². The highest BCUT2D eigenvalue weighted by Gasteiger charge is 2.11. The molecule has 0 aromatic heterocycles. The van der Waals surface area contributed by atoms with E-state index in [2.05, 4.69) is 0 Å². The van der Waals surface area contributed by atoms with Crippen LogP contribution in [-0.4, -0.2) is 23.8 Å². The third kappa shape index (κ3) is 4.48. The van der Waals surface area contributed by atoms with E-state index in [0.717, 1.165) is 12.8 Å². The molecular formula is C16H18BFO4. The van der Waals surface area contributed by atoms with Gasteiger partial charge in [-0.05, 0) is 36.1 Å². The molecule has 2 N–H and O–H groups in total. The normalized spacial score (nSPS) is 10.4. The fourth-order valence-corrected chi connectivity index (χ4v) is 1.83. The molecule has 116 valence electrons. The van der Waals surface area contributed by atoms with Crippen molar-refractivity contribution in [1.29, 1.82) is 0 Å². The first-order valence-electron chi connectivity index (χ1n) is 7.16. The highest BCUT2D eigenvalue weighted by molar-refractivity contribution is 6.58. The average molecular weight is 304 g/mol. The lowest BCUT2D eigenvalue weighted by Crippen LogP contribution is -2.29. The number of hydrogen-bond donors (Lipinski definition) is 2. The maximum absolute atomic E-state index is 13.9. The van der Waals surface area contributed by atoms with Gasteiger partial charge in [0.2, 0.25) is 0 Å². The SMILES string of the molecule is CCCCOc1ccc(Oc2ccc(B(O)O)cc2)cc1F. The smallest absolute Gasteiger partial charge is 0.488 e. The molecule has 0 aliphatic carbocycles. The van der Waals surface area contributed by atoms with Crippen LogP contribution in [-0.2, 0) is 0 Å². The van der Waals surface area contributed by atoms with Gasteiger partial charge < -0.3 is 19.5 Å². The average Bonchev–Trinajstić information content (AvgIpc) is 2.50. The third-order valence-electron chi connectivity index (χ3n) is 3.07. The first-order chi connectivity index (χ1) is 10.6. The van der Waals surface area contributed by atoms with Crippen molar-refractivity contribution in [2.45, 2.75) is 19.8 Å². The third-order valence-corrected chi connectivity index (χ3v) is 3.07. The van der Waals surface area contributed by atoms with Crippen LogP contribution in [0.5, 0.6) is 17.2 Å². The summed E-state index contributed by atoms with van der Waals surface area (Å²) in [5, 5.41) is 18.0. The largest absolute Gasteiger partial charge is 0.491 e. The quantitative estimate of drug-likeness (QED) is 0.609. The van der Waals surface area contributed by atoms with E-state index >= 15 is 0 Å². The second-order valence-electron chi connectivity index (χ2n) is 4.84.